The Bertz CT molecular complexity index is 258. The van der Waals surface area contributed by atoms with E-state index in [1.807, 2.05) is 0 Å². The molecule has 2 N–H and O–H groups in total. The quantitative estimate of drug-likeness (QED) is 0.622. The number of hydrogen-bond donors (Lipinski definition) is 2. The molecule has 0 aromatic heterocycles. The molecule has 0 saturated carbocycles. The fourth-order valence-corrected chi connectivity index (χ4v) is 2.59. The summed E-state index contributed by atoms with van der Waals surface area (Å²) in [6.45, 7) is 6.89. The van der Waals surface area contributed by atoms with Crippen molar-refractivity contribution in [3.05, 3.63) is 0 Å². The van der Waals surface area contributed by atoms with Crippen molar-refractivity contribution < 1.29 is 9.53 Å². The van der Waals surface area contributed by atoms with E-state index in [2.05, 4.69) is 22.5 Å². The lowest BCUT2D eigenvalue weighted by Gasteiger charge is -2.35. The Kier molecular flexibility index (Phi) is 16.4. The fourth-order valence-electron chi connectivity index (χ4n) is 2.59. The van der Waals surface area contributed by atoms with Crippen LogP contribution < -0.4 is 10.6 Å². The second kappa shape index (κ2) is 14.9. The number of nitrogens with zero attached hydrogens (tertiary/aromatic N) is 1. The Labute approximate surface area is 141 Å². The summed E-state index contributed by atoms with van der Waals surface area (Å²) in [5, 5.41) is 6.01. The van der Waals surface area contributed by atoms with E-state index in [4.69, 9.17) is 4.74 Å². The fraction of sp³-hybridized carbons (Fsp3) is 0.929. The Morgan fingerprint density at radius 3 is 2.71 bits per heavy atom. The minimum absolute atomic E-state index is 0. The first-order chi connectivity index (χ1) is 9.27. The smallest absolute Gasteiger partial charge is 0.234 e. The molecule has 1 atom stereocenters. The maximum Gasteiger partial charge on any atom is 0.234 e. The largest absolute Gasteiger partial charge is 0.383 e. The normalized spacial score (nSPS) is 18.5. The van der Waals surface area contributed by atoms with Crippen molar-refractivity contribution in [2.24, 2.45) is 0 Å². The summed E-state index contributed by atoms with van der Waals surface area (Å²) in [5.41, 5.74) is 0. The third-order valence-electron chi connectivity index (χ3n) is 3.71. The molecule has 128 valence electrons. The lowest BCUT2D eigenvalue weighted by molar-refractivity contribution is -0.120. The number of methoxy groups -OCH3 is 1. The molecule has 1 aliphatic rings. The van der Waals surface area contributed by atoms with Crippen LogP contribution in [0.3, 0.4) is 0 Å². The molecule has 0 radical (unpaired) electrons. The van der Waals surface area contributed by atoms with Gasteiger partial charge in [-0.05, 0) is 25.8 Å². The van der Waals surface area contributed by atoms with E-state index in [-0.39, 0.29) is 30.7 Å². The number of halogens is 2. The van der Waals surface area contributed by atoms with Gasteiger partial charge in [0.15, 0.2) is 0 Å². The first kappa shape index (κ1) is 23.2. The number of carbonyl (C=O) groups is 1. The molecule has 21 heavy (non-hydrogen) atoms. The van der Waals surface area contributed by atoms with Gasteiger partial charge in [0.2, 0.25) is 5.91 Å². The van der Waals surface area contributed by atoms with Gasteiger partial charge in [-0.2, -0.15) is 0 Å². The molecule has 0 bridgehead atoms. The molecule has 5 nitrogen and oxygen atoms in total. The monoisotopic (exact) mass is 343 g/mol. The Morgan fingerprint density at radius 1 is 1.29 bits per heavy atom. The zero-order valence-corrected chi connectivity index (χ0v) is 14.9. The van der Waals surface area contributed by atoms with E-state index >= 15 is 0 Å². The molecular weight excluding hydrogens is 313 g/mol. The third-order valence-corrected chi connectivity index (χ3v) is 3.71. The number of carbonyl (C=O) groups excluding carboxylic acids is 1. The van der Waals surface area contributed by atoms with Gasteiger partial charge in [0.05, 0.1) is 13.2 Å². The number of likely N-dealkylation sites (tertiary alicyclic amines) is 1. The van der Waals surface area contributed by atoms with Crippen LogP contribution in [0.1, 0.15) is 32.6 Å². The topological polar surface area (TPSA) is 53.6 Å². The van der Waals surface area contributed by atoms with Gasteiger partial charge in [0.1, 0.15) is 0 Å². The summed E-state index contributed by atoms with van der Waals surface area (Å²) in [4.78, 5) is 14.1. The molecular formula is C14H31Cl2N3O2. The second-order valence-electron chi connectivity index (χ2n) is 5.11. The molecule has 1 rings (SSSR count). The van der Waals surface area contributed by atoms with E-state index in [1.165, 1.54) is 32.2 Å². The summed E-state index contributed by atoms with van der Waals surface area (Å²) in [6.07, 6.45) is 5.17. The first-order valence-electron chi connectivity index (χ1n) is 7.48. The summed E-state index contributed by atoms with van der Waals surface area (Å²) < 4.78 is 4.91. The minimum Gasteiger partial charge on any atom is -0.383 e. The molecule has 1 unspecified atom stereocenters. The van der Waals surface area contributed by atoms with E-state index in [0.29, 0.717) is 25.7 Å². The first-order valence-corrected chi connectivity index (χ1v) is 7.48. The molecule has 0 spiro atoms. The lowest BCUT2D eigenvalue weighted by Crippen LogP contribution is -2.44. The number of hydrogen-bond acceptors (Lipinski definition) is 4. The molecule has 0 aromatic carbocycles. The highest BCUT2D eigenvalue weighted by Gasteiger charge is 2.19. The van der Waals surface area contributed by atoms with E-state index < -0.39 is 0 Å². The van der Waals surface area contributed by atoms with E-state index in [0.717, 1.165) is 13.1 Å². The summed E-state index contributed by atoms with van der Waals surface area (Å²) in [7, 11) is 1.66. The van der Waals surface area contributed by atoms with Crippen LogP contribution in [0.15, 0.2) is 0 Å². The number of ether oxygens (including phenoxy) is 1. The van der Waals surface area contributed by atoms with Crippen LogP contribution in [0.25, 0.3) is 0 Å². The van der Waals surface area contributed by atoms with E-state index in [1.54, 1.807) is 7.11 Å². The molecule has 1 fully saturated rings. The van der Waals surface area contributed by atoms with Gasteiger partial charge in [0, 0.05) is 32.8 Å². The van der Waals surface area contributed by atoms with Crippen LogP contribution in [0.2, 0.25) is 0 Å². The molecule has 1 amide bonds. The maximum absolute atomic E-state index is 11.6. The van der Waals surface area contributed by atoms with Gasteiger partial charge in [-0.15, -0.1) is 24.8 Å². The van der Waals surface area contributed by atoms with Crippen molar-refractivity contribution in [1.82, 2.24) is 15.5 Å². The Morgan fingerprint density at radius 2 is 2.05 bits per heavy atom. The predicted octanol–water partition coefficient (Wildman–Crippen LogP) is 1.45. The minimum atomic E-state index is 0. The van der Waals surface area contributed by atoms with Crippen LogP contribution >= 0.6 is 24.8 Å². The van der Waals surface area contributed by atoms with Crippen molar-refractivity contribution >= 4 is 30.7 Å². The summed E-state index contributed by atoms with van der Waals surface area (Å²) in [5.74, 6) is 0.0705. The van der Waals surface area contributed by atoms with Gasteiger partial charge in [0.25, 0.3) is 0 Å². The molecule has 1 heterocycles. The molecule has 0 aromatic rings. The van der Waals surface area contributed by atoms with Crippen molar-refractivity contribution in [3.63, 3.8) is 0 Å². The van der Waals surface area contributed by atoms with Gasteiger partial charge >= 0.3 is 0 Å². The average molecular weight is 344 g/mol. The van der Waals surface area contributed by atoms with Crippen molar-refractivity contribution in [1.29, 1.82) is 0 Å². The predicted molar refractivity (Wildman–Crippen MR) is 91.8 cm³/mol. The number of rotatable bonds is 9. The number of piperidine rings is 1. The Hall–Kier alpha value is -0.0700. The van der Waals surface area contributed by atoms with Gasteiger partial charge in [-0.3, -0.25) is 9.69 Å². The van der Waals surface area contributed by atoms with Gasteiger partial charge in [-0.25, -0.2) is 0 Å². The van der Waals surface area contributed by atoms with Crippen LogP contribution in [-0.2, 0) is 9.53 Å². The van der Waals surface area contributed by atoms with Crippen molar-refractivity contribution in [2.75, 3.05) is 46.4 Å². The zero-order valence-electron chi connectivity index (χ0n) is 13.2. The summed E-state index contributed by atoms with van der Waals surface area (Å²) >= 11 is 0. The van der Waals surface area contributed by atoms with Gasteiger partial charge in [-0.1, -0.05) is 13.3 Å². The van der Waals surface area contributed by atoms with Crippen LogP contribution in [-0.4, -0.2) is 63.3 Å². The van der Waals surface area contributed by atoms with Crippen molar-refractivity contribution in [3.8, 4) is 0 Å². The number of nitrogens with one attached hydrogen (secondary N) is 2. The van der Waals surface area contributed by atoms with Crippen molar-refractivity contribution in [2.45, 2.75) is 38.6 Å². The molecule has 1 aliphatic heterocycles. The highest BCUT2D eigenvalue weighted by Crippen LogP contribution is 2.18. The maximum atomic E-state index is 11.6. The van der Waals surface area contributed by atoms with E-state index in [9.17, 15) is 4.79 Å². The SMILES string of the molecule is CCC1CCCCN1CCNC(=O)CNCCOC.Cl.Cl. The molecule has 1 saturated heterocycles. The third kappa shape index (κ3) is 10.3. The van der Waals surface area contributed by atoms with Gasteiger partial charge < -0.3 is 15.4 Å². The van der Waals surface area contributed by atoms with Crippen LogP contribution in [0.5, 0.6) is 0 Å². The molecule has 7 heteroatoms. The van der Waals surface area contributed by atoms with Crippen LogP contribution in [0, 0.1) is 0 Å². The highest BCUT2D eigenvalue weighted by atomic mass is 35.5. The Balaban J connectivity index is 0. The standard InChI is InChI=1S/C14H29N3O2.2ClH/c1-3-13-6-4-5-9-17(13)10-7-16-14(18)12-15-8-11-19-2;;/h13,15H,3-12H2,1-2H3,(H,16,18);2*1H. The highest BCUT2D eigenvalue weighted by molar-refractivity contribution is 5.85. The summed E-state index contributed by atoms with van der Waals surface area (Å²) in [6, 6.07) is 0.713. The zero-order chi connectivity index (χ0) is 13.9. The average Bonchev–Trinajstić information content (AvgIpc) is 2.44. The second-order valence-corrected chi connectivity index (χ2v) is 5.11. The lowest BCUT2D eigenvalue weighted by atomic mass is 10.0. The molecule has 0 aliphatic carbocycles. The number of amides is 1. The van der Waals surface area contributed by atoms with Crippen LogP contribution in [0.4, 0.5) is 0 Å².